The second-order valence-corrected chi connectivity index (χ2v) is 5.90. The molecule has 3 aromatic heterocycles. The highest BCUT2D eigenvalue weighted by Gasteiger charge is 2.10. The van der Waals surface area contributed by atoms with Crippen LogP contribution in [-0.4, -0.2) is 19.7 Å². The minimum Gasteiger partial charge on any atom is -0.346 e. The molecule has 0 saturated carbocycles. The van der Waals surface area contributed by atoms with Crippen LogP contribution in [0.15, 0.2) is 59.6 Å². The molecule has 1 N–H and O–H groups in total. The summed E-state index contributed by atoms with van der Waals surface area (Å²) in [5, 5.41) is 14.5. The number of benzene rings is 1. The second-order valence-electron chi connectivity index (χ2n) is 5.05. The highest BCUT2D eigenvalue weighted by atomic mass is 79.9. The lowest BCUT2D eigenvalue weighted by Crippen LogP contribution is -1.95. The monoisotopic (exact) mass is 363 g/mol. The number of hydrogen-bond acceptors (Lipinski definition) is 3. The van der Waals surface area contributed by atoms with Gasteiger partial charge in [0.25, 0.3) is 0 Å². The van der Waals surface area contributed by atoms with Gasteiger partial charge in [-0.15, -0.1) is 0 Å². The van der Waals surface area contributed by atoms with Gasteiger partial charge >= 0.3 is 0 Å². The summed E-state index contributed by atoms with van der Waals surface area (Å²) in [4.78, 5) is 7.42. The van der Waals surface area contributed by atoms with Gasteiger partial charge in [0, 0.05) is 34.0 Å². The number of aromatic amines is 1. The Morgan fingerprint density at radius 2 is 2.13 bits per heavy atom. The molecule has 0 unspecified atom stereocenters. The van der Waals surface area contributed by atoms with Gasteiger partial charge in [0.05, 0.1) is 23.5 Å². The third kappa shape index (κ3) is 2.31. The first kappa shape index (κ1) is 13.7. The number of nitriles is 1. The minimum atomic E-state index is 0.608. The Labute approximate surface area is 140 Å². The molecule has 0 aliphatic heterocycles. The maximum Gasteiger partial charge on any atom is 0.137 e. The van der Waals surface area contributed by atoms with Crippen LogP contribution >= 0.6 is 15.9 Å². The molecule has 0 bridgehead atoms. The summed E-state index contributed by atoms with van der Waals surface area (Å²) in [7, 11) is 0. The number of aromatic nitrogens is 4. The standard InChI is InChI=1S/C17H10BrN5/c18-15-7-11(8-19)1-2-16(15)23-10-12(9-22-23)13-3-5-20-17-14(13)4-6-21-17/h1-7,9-10H,(H,20,21). The number of fused-ring (bicyclic) bond motifs is 1. The third-order valence-corrected chi connectivity index (χ3v) is 4.31. The van der Waals surface area contributed by atoms with Crippen molar-refractivity contribution in [2.45, 2.75) is 0 Å². The Balaban J connectivity index is 1.81. The van der Waals surface area contributed by atoms with Gasteiger partial charge in [-0.2, -0.15) is 10.4 Å². The highest BCUT2D eigenvalue weighted by Crippen LogP contribution is 2.28. The van der Waals surface area contributed by atoms with Crippen molar-refractivity contribution in [2.75, 3.05) is 0 Å². The Morgan fingerprint density at radius 3 is 2.96 bits per heavy atom. The van der Waals surface area contributed by atoms with Gasteiger partial charge in [0.15, 0.2) is 0 Å². The minimum absolute atomic E-state index is 0.608. The molecule has 4 rings (SSSR count). The average Bonchev–Trinajstić information content (AvgIpc) is 3.23. The first-order valence-electron chi connectivity index (χ1n) is 6.93. The normalized spacial score (nSPS) is 10.8. The SMILES string of the molecule is N#Cc1ccc(-n2cc(-c3ccnc4[nH]ccc34)cn2)c(Br)c1. The van der Waals surface area contributed by atoms with Crippen molar-refractivity contribution in [3.63, 3.8) is 0 Å². The number of halogens is 1. The Morgan fingerprint density at radius 1 is 1.22 bits per heavy atom. The van der Waals surface area contributed by atoms with Crippen molar-refractivity contribution < 1.29 is 0 Å². The molecule has 23 heavy (non-hydrogen) atoms. The van der Waals surface area contributed by atoms with Gasteiger partial charge < -0.3 is 4.98 Å². The quantitative estimate of drug-likeness (QED) is 0.583. The van der Waals surface area contributed by atoms with Crippen molar-refractivity contribution in [1.82, 2.24) is 19.7 Å². The van der Waals surface area contributed by atoms with E-state index in [0.29, 0.717) is 5.56 Å². The van der Waals surface area contributed by atoms with E-state index in [9.17, 15) is 0 Å². The van der Waals surface area contributed by atoms with Crippen LogP contribution in [0.3, 0.4) is 0 Å². The Kier molecular flexibility index (Phi) is 3.21. The number of nitrogens with zero attached hydrogens (tertiary/aromatic N) is 4. The van der Waals surface area contributed by atoms with E-state index in [1.165, 1.54) is 0 Å². The van der Waals surface area contributed by atoms with E-state index in [0.717, 1.165) is 32.3 Å². The zero-order valence-corrected chi connectivity index (χ0v) is 13.4. The number of nitrogens with one attached hydrogen (secondary N) is 1. The fourth-order valence-corrected chi connectivity index (χ4v) is 3.13. The molecule has 0 radical (unpaired) electrons. The lowest BCUT2D eigenvalue weighted by molar-refractivity contribution is 0.876. The maximum atomic E-state index is 8.95. The zero-order chi connectivity index (χ0) is 15.8. The van der Waals surface area contributed by atoms with Gasteiger partial charge in [0.1, 0.15) is 5.65 Å². The van der Waals surface area contributed by atoms with Crippen molar-refractivity contribution >= 4 is 27.0 Å². The zero-order valence-electron chi connectivity index (χ0n) is 11.9. The van der Waals surface area contributed by atoms with Gasteiger partial charge in [-0.3, -0.25) is 0 Å². The van der Waals surface area contributed by atoms with Gasteiger partial charge in [-0.25, -0.2) is 9.67 Å². The Bertz CT molecular complexity index is 1050. The predicted molar refractivity (Wildman–Crippen MR) is 91.1 cm³/mol. The molecule has 110 valence electrons. The Hall–Kier alpha value is -2.91. The van der Waals surface area contributed by atoms with E-state index in [-0.39, 0.29) is 0 Å². The van der Waals surface area contributed by atoms with E-state index in [4.69, 9.17) is 5.26 Å². The van der Waals surface area contributed by atoms with Gasteiger partial charge in [-0.05, 0) is 51.8 Å². The van der Waals surface area contributed by atoms with Crippen molar-refractivity contribution in [3.8, 4) is 22.9 Å². The average molecular weight is 364 g/mol. The number of H-pyrrole nitrogens is 1. The fraction of sp³-hybridized carbons (Fsp3) is 0. The first-order valence-corrected chi connectivity index (χ1v) is 7.73. The van der Waals surface area contributed by atoms with Crippen LogP contribution in [0.2, 0.25) is 0 Å². The lowest BCUT2D eigenvalue weighted by atomic mass is 10.1. The molecule has 5 nitrogen and oxygen atoms in total. The molecule has 3 heterocycles. The van der Waals surface area contributed by atoms with Crippen LogP contribution < -0.4 is 0 Å². The van der Waals surface area contributed by atoms with Crippen LogP contribution in [0, 0.1) is 11.3 Å². The molecule has 1 aromatic carbocycles. The van der Waals surface area contributed by atoms with Crippen LogP contribution in [0.4, 0.5) is 0 Å². The van der Waals surface area contributed by atoms with Crippen molar-refractivity contribution in [1.29, 1.82) is 5.26 Å². The molecule has 0 spiro atoms. The molecule has 0 atom stereocenters. The number of rotatable bonds is 2. The number of hydrogen-bond donors (Lipinski definition) is 1. The molecule has 4 aromatic rings. The molecule has 0 aliphatic rings. The predicted octanol–water partition coefficient (Wildman–Crippen LogP) is 4.05. The summed E-state index contributed by atoms with van der Waals surface area (Å²) in [5.41, 5.74) is 4.43. The van der Waals surface area contributed by atoms with Crippen molar-refractivity contribution in [3.05, 3.63) is 65.2 Å². The maximum absolute atomic E-state index is 8.95. The van der Waals surface area contributed by atoms with Crippen LogP contribution in [-0.2, 0) is 0 Å². The van der Waals surface area contributed by atoms with E-state index < -0.39 is 0 Å². The molecular formula is C17H10BrN5. The van der Waals surface area contributed by atoms with E-state index >= 15 is 0 Å². The summed E-state index contributed by atoms with van der Waals surface area (Å²) >= 11 is 3.50. The van der Waals surface area contributed by atoms with Crippen LogP contribution in [0.5, 0.6) is 0 Å². The highest BCUT2D eigenvalue weighted by molar-refractivity contribution is 9.10. The fourth-order valence-electron chi connectivity index (χ4n) is 2.57. The molecule has 0 amide bonds. The largest absolute Gasteiger partial charge is 0.346 e. The molecular weight excluding hydrogens is 354 g/mol. The topological polar surface area (TPSA) is 70.3 Å². The molecule has 0 saturated heterocycles. The molecule has 0 aliphatic carbocycles. The summed E-state index contributed by atoms with van der Waals surface area (Å²) in [5.74, 6) is 0. The summed E-state index contributed by atoms with van der Waals surface area (Å²) in [6.07, 6.45) is 7.45. The van der Waals surface area contributed by atoms with Crippen LogP contribution in [0.25, 0.3) is 27.8 Å². The van der Waals surface area contributed by atoms with E-state index in [2.05, 4.69) is 37.1 Å². The van der Waals surface area contributed by atoms with E-state index in [1.807, 2.05) is 36.8 Å². The van der Waals surface area contributed by atoms with Gasteiger partial charge in [0.2, 0.25) is 0 Å². The molecule has 6 heteroatoms. The second kappa shape index (κ2) is 5.38. The van der Waals surface area contributed by atoms with Crippen molar-refractivity contribution in [2.24, 2.45) is 0 Å². The van der Waals surface area contributed by atoms with E-state index in [1.54, 1.807) is 23.0 Å². The summed E-state index contributed by atoms with van der Waals surface area (Å²) < 4.78 is 2.62. The van der Waals surface area contributed by atoms with Crippen LogP contribution in [0.1, 0.15) is 5.56 Å². The lowest BCUT2D eigenvalue weighted by Gasteiger charge is -2.04. The third-order valence-electron chi connectivity index (χ3n) is 3.68. The van der Waals surface area contributed by atoms with Gasteiger partial charge in [-0.1, -0.05) is 0 Å². The summed E-state index contributed by atoms with van der Waals surface area (Å²) in [6, 6.07) is 11.5. The molecule has 0 fully saturated rings. The number of pyridine rings is 1. The smallest absolute Gasteiger partial charge is 0.137 e. The summed E-state index contributed by atoms with van der Waals surface area (Å²) in [6.45, 7) is 0. The first-order chi connectivity index (χ1) is 11.3.